The maximum absolute atomic E-state index is 12.0. The predicted molar refractivity (Wildman–Crippen MR) is 69.1 cm³/mol. The molecule has 0 spiro atoms. The molecule has 5 nitrogen and oxygen atoms in total. The van der Waals surface area contributed by atoms with Crippen LogP contribution >= 0.6 is 0 Å². The first-order valence-electron chi connectivity index (χ1n) is 6.39. The van der Waals surface area contributed by atoms with Crippen LogP contribution in [0.4, 0.5) is 0 Å². The standard InChI is InChI=1S/C13H25NO4/c1-7-14-13(5,6)12(16)18-10(9(3)4)11(15)17-8-2/h9-10,14H,7-8H2,1-6H3. The number of ether oxygens (including phenoxy) is 2. The van der Waals surface area contributed by atoms with E-state index in [9.17, 15) is 9.59 Å². The highest BCUT2D eigenvalue weighted by Gasteiger charge is 2.34. The van der Waals surface area contributed by atoms with E-state index in [1.165, 1.54) is 0 Å². The summed E-state index contributed by atoms with van der Waals surface area (Å²) in [5.41, 5.74) is -0.811. The number of hydrogen-bond donors (Lipinski definition) is 1. The fourth-order valence-corrected chi connectivity index (χ4v) is 1.46. The van der Waals surface area contributed by atoms with Crippen molar-refractivity contribution in [2.45, 2.75) is 53.2 Å². The summed E-state index contributed by atoms with van der Waals surface area (Å²) in [6.07, 6.45) is -0.851. The van der Waals surface area contributed by atoms with Gasteiger partial charge in [0, 0.05) is 5.92 Å². The van der Waals surface area contributed by atoms with Crippen molar-refractivity contribution in [2.24, 2.45) is 5.92 Å². The minimum Gasteiger partial charge on any atom is -0.463 e. The van der Waals surface area contributed by atoms with Crippen molar-refractivity contribution in [1.29, 1.82) is 0 Å². The molecule has 0 fully saturated rings. The van der Waals surface area contributed by atoms with Crippen molar-refractivity contribution >= 4 is 11.9 Å². The van der Waals surface area contributed by atoms with E-state index in [4.69, 9.17) is 9.47 Å². The summed E-state index contributed by atoms with van der Waals surface area (Å²) in [4.78, 5) is 23.7. The van der Waals surface area contributed by atoms with Crippen molar-refractivity contribution in [3.05, 3.63) is 0 Å². The number of carbonyl (C=O) groups excluding carboxylic acids is 2. The second-order valence-corrected chi connectivity index (χ2v) is 4.98. The second-order valence-electron chi connectivity index (χ2n) is 4.98. The molecule has 1 atom stereocenters. The molecule has 0 saturated carbocycles. The highest BCUT2D eigenvalue weighted by Crippen LogP contribution is 2.14. The second kappa shape index (κ2) is 7.36. The lowest BCUT2D eigenvalue weighted by Gasteiger charge is -2.27. The minimum atomic E-state index is -0.851. The molecule has 0 aliphatic carbocycles. The third-order valence-corrected chi connectivity index (χ3v) is 2.49. The van der Waals surface area contributed by atoms with Gasteiger partial charge in [0.05, 0.1) is 6.61 Å². The Kier molecular flexibility index (Phi) is 6.91. The van der Waals surface area contributed by atoms with Crippen LogP contribution < -0.4 is 5.32 Å². The Labute approximate surface area is 109 Å². The first-order chi connectivity index (χ1) is 8.26. The van der Waals surface area contributed by atoms with E-state index in [1.807, 2.05) is 20.8 Å². The van der Waals surface area contributed by atoms with E-state index in [1.54, 1.807) is 20.8 Å². The van der Waals surface area contributed by atoms with Crippen LogP contribution in [0.25, 0.3) is 0 Å². The number of likely N-dealkylation sites (N-methyl/N-ethyl adjacent to an activating group) is 1. The Morgan fingerprint density at radius 2 is 1.78 bits per heavy atom. The summed E-state index contributed by atoms with van der Waals surface area (Å²) >= 11 is 0. The lowest BCUT2D eigenvalue weighted by atomic mass is 10.0. The number of nitrogens with one attached hydrogen (secondary N) is 1. The molecule has 0 aromatic carbocycles. The molecule has 1 unspecified atom stereocenters. The van der Waals surface area contributed by atoms with Gasteiger partial charge in [-0.25, -0.2) is 4.79 Å². The Hall–Kier alpha value is -1.10. The van der Waals surface area contributed by atoms with Gasteiger partial charge in [0.2, 0.25) is 6.10 Å². The van der Waals surface area contributed by atoms with Crippen LogP contribution in [0.1, 0.15) is 41.5 Å². The van der Waals surface area contributed by atoms with E-state index >= 15 is 0 Å². The lowest BCUT2D eigenvalue weighted by molar-refractivity contribution is -0.174. The van der Waals surface area contributed by atoms with Gasteiger partial charge in [0.1, 0.15) is 5.54 Å². The van der Waals surface area contributed by atoms with E-state index in [0.29, 0.717) is 6.54 Å². The van der Waals surface area contributed by atoms with Crippen molar-refractivity contribution in [3.63, 3.8) is 0 Å². The summed E-state index contributed by atoms with van der Waals surface area (Å²) in [7, 11) is 0. The van der Waals surface area contributed by atoms with Gasteiger partial charge in [-0.3, -0.25) is 4.79 Å². The van der Waals surface area contributed by atoms with Crippen LogP contribution in [0.15, 0.2) is 0 Å². The molecule has 18 heavy (non-hydrogen) atoms. The summed E-state index contributed by atoms with van der Waals surface area (Å²) in [5, 5.41) is 3.01. The van der Waals surface area contributed by atoms with Crippen LogP contribution in [0, 0.1) is 5.92 Å². The SMILES string of the molecule is CCNC(C)(C)C(=O)OC(C(=O)OCC)C(C)C. The number of rotatable bonds is 7. The Morgan fingerprint density at radius 1 is 1.22 bits per heavy atom. The molecular weight excluding hydrogens is 234 g/mol. The van der Waals surface area contributed by atoms with Crippen LogP contribution in [0.2, 0.25) is 0 Å². The molecule has 0 heterocycles. The summed E-state index contributed by atoms with van der Waals surface area (Å²) in [6, 6.07) is 0. The van der Waals surface area contributed by atoms with Gasteiger partial charge in [0.25, 0.3) is 0 Å². The van der Waals surface area contributed by atoms with Crippen LogP contribution in [0.3, 0.4) is 0 Å². The zero-order chi connectivity index (χ0) is 14.3. The van der Waals surface area contributed by atoms with Crippen LogP contribution in [-0.2, 0) is 19.1 Å². The first-order valence-corrected chi connectivity index (χ1v) is 6.39. The Balaban J connectivity index is 4.69. The monoisotopic (exact) mass is 259 g/mol. The third-order valence-electron chi connectivity index (χ3n) is 2.49. The van der Waals surface area contributed by atoms with Gasteiger partial charge in [-0.1, -0.05) is 20.8 Å². The molecule has 0 amide bonds. The van der Waals surface area contributed by atoms with Crippen LogP contribution in [-0.4, -0.2) is 36.7 Å². The molecule has 5 heteroatoms. The molecule has 0 saturated heterocycles. The summed E-state index contributed by atoms with van der Waals surface area (Å²) in [6.45, 7) is 11.6. The van der Waals surface area contributed by atoms with Crippen LogP contribution in [0.5, 0.6) is 0 Å². The molecule has 1 N–H and O–H groups in total. The quantitative estimate of drug-likeness (QED) is 0.702. The minimum absolute atomic E-state index is 0.120. The normalized spacial score (nSPS) is 13.3. The fraction of sp³-hybridized carbons (Fsp3) is 0.846. The van der Waals surface area contributed by atoms with E-state index in [0.717, 1.165) is 0 Å². The van der Waals surface area contributed by atoms with Gasteiger partial charge in [0.15, 0.2) is 0 Å². The number of carbonyl (C=O) groups is 2. The zero-order valence-corrected chi connectivity index (χ0v) is 12.2. The molecule has 0 aliphatic heterocycles. The molecular formula is C13H25NO4. The largest absolute Gasteiger partial charge is 0.463 e. The smallest absolute Gasteiger partial charge is 0.347 e. The molecule has 0 rings (SSSR count). The van der Waals surface area contributed by atoms with Crippen molar-refractivity contribution in [2.75, 3.05) is 13.2 Å². The molecule has 0 aromatic rings. The topological polar surface area (TPSA) is 64.6 Å². The van der Waals surface area contributed by atoms with Gasteiger partial charge >= 0.3 is 11.9 Å². The van der Waals surface area contributed by atoms with Crippen molar-refractivity contribution in [3.8, 4) is 0 Å². The van der Waals surface area contributed by atoms with Gasteiger partial charge in [-0.05, 0) is 27.3 Å². The van der Waals surface area contributed by atoms with E-state index < -0.39 is 23.6 Å². The highest BCUT2D eigenvalue weighted by molar-refractivity contribution is 5.84. The summed E-state index contributed by atoms with van der Waals surface area (Å²) < 4.78 is 10.2. The molecule has 0 bridgehead atoms. The average molecular weight is 259 g/mol. The molecule has 0 aliphatic rings. The summed E-state index contributed by atoms with van der Waals surface area (Å²) in [5.74, 6) is -1.06. The third kappa shape index (κ3) is 5.04. The predicted octanol–water partition coefficient (Wildman–Crippen LogP) is 1.51. The molecule has 106 valence electrons. The first kappa shape index (κ1) is 16.9. The average Bonchev–Trinajstić information content (AvgIpc) is 2.24. The lowest BCUT2D eigenvalue weighted by Crippen LogP contribution is -2.50. The maximum atomic E-state index is 12.0. The van der Waals surface area contributed by atoms with Gasteiger partial charge < -0.3 is 14.8 Å². The van der Waals surface area contributed by atoms with E-state index in [-0.39, 0.29) is 12.5 Å². The molecule has 0 radical (unpaired) electrons. The number of esters is 2. The fourth-order valence-electron chi connectivity index (χ4n) is 1.46. The number of hydrogen-bond acceptors (Lipinski definition) is 5. The van der Waals surface area contributed by atoms with Crippen molar-refractivity contribution in [1.82, 2.24) is 5.32 Å². The van der Waals surface area contributed by atoms with E-state index in [2.05, 4.69) is 5.32 Å². The highest BCUT2D eigenvalue weighted by atomic mass is 16.6. The van der Waals surface area contributed by atoms with Gasteiger partial charge in [-0.2, -0.15) is 0 Å². The molecule has 0 aromatic heterocycles. The van der Waals surface area contributed by atoms with Gasteiger partial charge in [-0.15, -0.1) is 0 Å². The Morgan fingerprint density at radius 3 is 2.17 bits per heavy atom. The zero-order valence-electron chi connectivity index (χ0n) is 12.2. The Bertz CT molecular complexity index is 287. The van der Waals surface area contributed by atoms with Crippen molar-refractivity contribution < 1.29 is 19.1 Å². The maximum Gasteiger partial charge on any atom is 0.347 e.